The molecule has 0 spiro atoms. The van der Waals surface area contributed by atoms with E-state index in [-0.39, 0.29) is 0 Å². The van der Waals surface area contributed by atoms with E-state index in [1.165, 1.54) is 11.5 Å². The van der Waals surface area contributed by atoms with E-state index >= 15 is 0 Å². The molecule has 5 heteroatoms. The van der Waals surface area contributed by atoms with Crippen LogP contribution in [0.15, 0.2) is 12.1 Å². The average molecular weight is 206 g/mol. The molecule has 0 saturated carbocycles. The maximum Gasteiger partial charge on any atom is 0.232 e. The Labute approximate surface area is 86.0 Å². The van der Waals surface area contributed by atoms with E-state index in [0.29, 0.717) is 5.95 Å². The third-order valence-electron chi connectivity index (χ3n) is 1.90. The van der Waals surface area contributed by atoms with Crippen LogP contribution < -0.4 is 5.73 Å². The van der Waals surface area contributed by atoms with E-state index in [9.17, 15) is 0 Å². The SMILES string of the molecule is Cc1ccc(-c2nc(N)ns2)c(C)n1. The summed E-state index contributed by atoms with van der Waals surface area (Å²) in [5, 5.41) is 0.826. The third kappa shape index (κ3) is 1.58. The van der Waals surface area contributed by atoms with Gasteiger partial charge in [-0.05, 0) is 37.5 Å². The van der Waals surface area contributed by atoms with Crippen LogP contribution in [-0.4, -0.2) is 14.3 Å². The van der Waals surface area contributed by atoms with Crippen molar-refractivity contribution in [1.82, 2.24) is 14.3 Å². The molecule has 0 atom stereocenters. The summed E-state index contributed by atoms with van der Waals surface area (Å²) in [4.78, 5) is 8.47. The minimum Gasteiger partial charge on any atom is -0.367 e. The maximum atomic E-state index is 5.46. The minimum atomic E-state index is 0.324. The predicted molar refractivity (Wildman–Crippen MR) is 57.0 cm³/mol. The van der Waals surface area contributed by atoms with Crippen molar-refractivity contribution in [1.29, 1.82) is 0 Å². The van der Waals surface area contributed by atoms with Gasteiger partial charge in [0, 0.05) is 17.0 Å². The molecule has 0 aliphatic rings. The van der Waals surface area contributed by atoms with Crippen molar-refractivity contribution < 1.29 is 0 Å². The van der Waals surface area contributed by atoms with Gasteiger partial charge in [0.05, 0.1) is 0 Å². The molecule has 72 valence electrons. The lowest BCUT2D eigenvalue weighted by Crippen LogP contribution is -1.90. The number of rotatable bonds is 1. The molecular formula is C9H10N4S. The molecule has 14 heavy (non-hydrogen) atoms. The molecule has 2 aromatic rings. The number of nitrogen functional groups attached to an aromatic ring is 1. The summed E-state index contributed by atoms with van der Waals surface area (Å²) in [5.41, 5.74) is 8.43. The van der Waals surface area contributed by atoms with E-state index in [2.05, 4.69) is 14.3 Å². The molecule has 0 unspecified atom stereocenters. The summed E-state index contributed by atoms with van der Waals surface area (Å²) < 4.78 is 3.94. The smallest absolute Gasteiger partial charge is 0.232 e. The van der Waals surface area contributed by atoms with Crippen LogP contribution in [0.2, 0.25) is 0 Å². The van der Waals surface area contributed by atoms with Crippen LogP contribution in [0.3, 0.4) is 0 Å². The minimum absolute atomic E-state index is 0.324. The Morgan fingerprint density at radius 1 is 1.21 bits per heavy atom. The molecule has 4 nitrogen and oxygen atoms in total. The number of nitrogens with zero attached hydrogens (tertiary/aromatic N) is 3. The zero-order valence-corrected chi connectivity index (χ0v) is 8.80. The van der Waals surface area contributed by atoms with Gasteiger partial charge in [0.15, 0.2) is 0 Å². The summed E-state index contributed by atoms with van der Waals surface area (Å²) in [7, 11) is 0. The van der Waals surface area contributed by atoms with Crippen LogP contribution in [0.4, 0.5) is 5.95 Å². The van der Waals surface area contributed by atoms with Crippen LogP contribution in [-0.2, 0) is 0 Å². The van der Waals surface area contributed by atoms with Crippen molar-refractivity contribution in [3.8, 4) is 10.6 Å². The first kappa shape index (κ1) is 9.08. The Balaban J connectivity index is 2.52. The highest BCUT2D eigenvalue weighted by Crippen LogP contribution is 2.24. The molecule has 0 saturated heterocycles. The van der Waals surface area contributed by atoms with Crippen LogP contribution in [0, 0.1) is 13.8 Å². The Morgan fingerprint density at radius 3 is 2.57 bits per heavy atom. The zero-order valence-electron chi connectivity index (χ0n) is 7.98. The molecular weight excluding hydrogens is 196 g/mol. The fourth-order valence-electron chi connectivity index (χ4n) is 1.26. The number of aryl methyl sites for hydroxylation is 2. The third-order valence-corrected chi connectivity index (χ3v) is 2.66. The Morgan fingerprint density at radius 2 is 2.00 bits per heavy atom. The molecule has 2 aromatic heterocycles. The number of hydrogen-bond donors (Lipinski definition) is 1. The van der Waals surface area contributed by atoms with Gasteiger partial charge in [0.1, 0.15) is 5.01 Å². The molecule has 0 aliphatic carbocycles. The lowest BCUT2D eigenvalue weighted by Gasteiger charge is -2.00. The summed E-state index contributed by atoms with van der Waals surface area (Å²) in [5.74, 6) is 0.324. The van der Waals surface area contributed by atoms with Gasteiger partial charge in [0.2, 0.25) is 5.95 Å². The number of pyridine rings is 1. The monoisotopic (exact) mass is 206 g/mol. The molecule has 0 fully saturated rings. The molecule has 0 radical (unpaired) electrons. The first-order valence-electron chi connectivity index (χ1n) is 4.20. The van der Waals surface area contributed by atoms with E-state index in [4.69, 9.17) is 5.73 Å². The lowest BCUT2D eigenvalue weighted by atomic mass is 10.2. The van der Waals surface area contributed by atoms with Gasteiger partial charge in [-0.3, -0.25) is 4.98 Å². The second kappa shape index (κ2) is 3.34. The maximum absolute atomic E-state index is 5.46. The van der Waals surface area contributed by atoms with Gasteiger partial charge in [-0.2, -0.15) is 9.36 Å². The molecule has 0 aromatic carbocycles. The Bertz CT molecular complexity index is 464. The van der Waals surface area contributed by atoms with Crippen molar-refractivity contribution in [2.45, 2.75) is 13.8 Å². The molecule has 0 amide bonds. The number of nitrogens with two attached hydrogens (primary N) is 1. The van der Waals surface area contributed by atoms with Crippen LogP contribution in [0.1, 0.15) is 11.4 Å². The Kier molecular flexibility index (Phi) is 2.17. The highest BCUT2D eigenvalue weighted by atomic mass is 32.1. The van der Waals surface area contributed by atoms with Crippen LogP contribution in [0.5, 0.6) is 0 Å². The van der Waals surface area contributed by atoms with E-state index in [1.807, 2.05) is 26.0 Å². The largest absolute Gasteiger partial charge is 0.367 e. The van der Waals surface area contributed by atoms with E-state index in [0.717, 1.165) is 22.0 Å². The molecule has 2 heterocycles. The second-order valence-electron chi connectivity index (χ2n) is 3.04. The second-order valence-corrected chi connectivity index (χ2v) is 3.80. The topological polar surface area (TPSA) is 64.7 Å². The molecule has 0 aliphatic heterocycles. The highest BCUT2D eigenvalue weighted by Gasteiger charge is 2.07. The number of anilines is 1. The Hall–Kier alpha value is -1.49. The zero-order chi connectivity index (χ0) is 10.1. The summed E-state index contributed by atoms with van der Waals surface area (Å²) in [6.07, 6.45) is 0. The van der Waals surface area contributed by atoms with Gasteiger partial charge in [0.25, 0.3) is 0 Å². The standard InChI is InChI=1S/C9H10N4S/c1-5-3-4-7(6(2)11-5)8-12-9(10)13-14-8/h3-4H,1-2H3,(H2,10,13). The van der Waals surface area contributed by atoms with Gasteiger partial charge in [-0.25, -0.2) is 0 Å². The van der Waals surface area contributed by atoms with Crippen molar-refractivity contribution in [3.05, 3.63) is 23.5 Å². The summed E-state index contributed by atoms with van der Waals surface area (Å²) >= 11 is 1.30. The molecule has 2 N–H and O–H groups in total. The fourth-order valence-corrected chi connectivity index (χ4v) is 1.93. The predicted octanol–water partition coefficient (Wildman–Crippen LogP) is 1.80. The normalized spacial score (nSPS) is 10.4. The van der Waals surface area contributed by atoms with Gasteiger partial charge in [-0.15, -0.1) is 0 Å². The highest BCUT2D eigenvalue weighted by molar-refractivity contribution is 7.09. The quantitative estimate of drug-likeness (QED) is 0.772. The summed E-state index contributed by atoms with van der Waals surface area (Å²) in [6.45, 7) is 3.92. The average Bonchev–Trinajstić information content (AvgIpc) is 2.51. The van der Waals surface area contributed by atoms with Gasteiger partial charge < -0.3 is 5.73 Å². The first-order chi connectivity index (χ1) is 6.66. The lowest BCUT2D eigenvalue weighted by molar-refractivity contribution is 1.12. The molecule has 0 bridgehead atoms. The van der Waals surface area contributed by atoms with Crippen LogP contribution >= 0.6 is 11.5 Å². The van der Waals surface area contributed by atoms with Crippen molar-refractivity contribution in [2.24, 2.45) is 0 Å². The number of hydrogen-bond acceptors (Lipinski definition) is 5. The first-order valence-corrected chi connectivity index (χ1v) is 4.98. The van der Waals surface area contributed by atoms with Crippen LogP contribution in [0.25, 0.3) is 10.6 Å². The van der Waals surface area contributed by atoms with E-state index < -0.39 is 0 Å². The summed E-state index contributed by atoms with van der Waals surface area (Å²) in [6, 6.07) is 3.96. The van der Waals surface area contributed by atoms with E-state index in [1.54, 1.807) is 0 Å². The molecule has 2 rings (SSSR count). The fraction of sp³-hybridized carbons (Fsp3) is 0.222. The van der Waals surface area contributed by atoms with Crippen molar-refractivity contribution >= 4 is 17.5 Å². The van der Waals surface area contributed by atoms with Gasteiger partial charge in [-0.1, -0.05) is 0 Å². The van der Waals surface area contributed by atoms with Gasteiger partial charge >= 0.3 is 0 Å². The number of aromatic nitrogens is 3. The van der Waals surface area contributed by atoms with Crippen molar-refractivity contribution in [2.75, 3.05) is 5.73 Å². The van der Waals surface area contributed by atoms with Crippen molar-refractivity contribution in [3.63, 3.8) is 0 Å².